The molecule has 1 aromatic rings. The number of hydrogen-bond acceptors (Lipinski definition) is 2. The van der Waals surface area contributed by atoms with Gasteiger partial charge in [-0.1, -0.05) is 23.2 Å². The first kappa shape index (κ1) is 10.6. The van der Waals surface area contributed by atoms with Crippen LogP contribution in [0, 0.1) is 11.5 Å². The van der Waals surface area contributed by atoms with E-state index in [1.165, 1.54) is 12.3 Å². The van der Waals surface area contributed by atoms with Crippen molar-refractivity contribution in [2.45, 2.75) is 0 Å². The van der Waals surface area contributed by atoms with E-state index in [-0.39, 0.29) is 0 Å². The largest absolute Gasteiger partial charge is 0.332 e. The summed E-state index contributed by atoms with van der Waals surface area (Å²) in [6.45, 7) is 0. The third-order valence-electron chi connectivity index (χ3n) is 1.35. The number of hydrogen-bond donors (Lipinski definition) is 2. The first-order valence-electron chi connectivity index (χ1n) is 3.54. The van der Waals surface area contributed by atoms with Crippen LogP contribution in [0.15, 0.2) is 18.2 Å². The van der Waals surface area contributed by atoms with Crippen molar-refractivity contribution < 1.29 is 4.79 Å². The second-order valence-corrected chi connectivity index (χ2v) is 3.13. The van der Waals surface area contributed by atoms with Gasteiger partial charge in [0.25, 0.3) is 0 Å². The molecule has 0 fully saturated rings. The summed E-state index contributed by atoms with van der Waals surface area (Å²) in [7, 11) is 0. The van der Waals surface area contributed by atoms with E-state index in [4.69, 9.17) is 28.5 Å². The summed E-state index contributed by atoms with van der Waals surface area (Å²) in [6.07, 6.45) is 1.49. The number of carbonyl (C=O) groups excluding carboxylic acids is 1. The van der Waals surface area contributed by atoms with E-state index in [1.807, 2.05) is 5.32 Å². The Hall–Kier alpha value is -1.44. The molecule has 0 aliphatic heterocycles. The molecular weight excluding hydrogens is 225 g/mol. The highest BCUT2D eigenvalue weighted by Gasteiger charge is 2.02. The Bertz CT molecular complexity index is 400. The van der Waals surface area contributed by atoms with Gasteiger partial charge in [-0.15, -0.1) is 0 Å². The molecule has 14 heavy (non-hydrogen) atoms. The third kappa shape index (κ3) is 2.80. The summed E-state index contributed by atoms with van der Waals surface area (Å²) < 4.78 is 0. The summed E-state index contributed by atoms with van der Waals surface area (Å²) >= 11 is 11.4. The highest BCUT2D eigenvalue weighted by Crippen LogP contribution is 2.24. The molecule has 6 heteroatoms. The van der Waals surface area contributed by atoms with Crippen LogP contribution in [0.4, 0.5) is 10.5 Å². The smallest absolute Gasteiger partial charge is 0.307 e. The number of benzene rings is 1. The maximum atomic E-state index is 10.9. The number of amides is 2. The summed E-state index contributed by atoms with van der Waals surface area (Å²) in [5.74, 6) is 0. The highest BCUT2D eigenvalue weighted by atomic mass is 35.5. The predicted molar refractivity (Wildman–Crippen MR) is 54.2 cm³/mol. The lowest BCUT2D eigenvalue weighted by atomic mass is 10.3. The standard InChI is InChI=1S/C8H5Cl2N3O/c9-6-2-1-5(3-7(6)10)13-8(14)12-4-11/h1-3H,(H2,12,13,14). The Kier molecular flexibility index (Phi) is 3.57. The van der Waals surface area contributed by atoms with Crippen LogP contribution in [0.5, 0.6) is 0 Å². The van der Waals surface area contributed by atoms with E-state index >= 15 is 0 Å². The van der Waals surface area contributed by atoms with E-state index < -0.39 is 6.03 Å². The number of halogens is 2. The lowest BCUT2D eigenvalue weighted by molar-refractivity contribution is 0.255. The maximum absolute atomic E-state index is 10.9. The average molecular weight is 230 g/mol. The van der Waals surface area contributed by atoms with Crippen LogP contribution in [0.25, 0.3) is 0 Å². The monoisotopic (exact) mass is 229 g/mol. The van der Waals surface area contributed by atoms with Gasteiger partial charge in [0.15, 0.2) is 6.19 Å². The molecule has 1 aromatic carbocycles. The Morgan fingerprint density at radius 1 is 1.36 bits per heavy atom. The van der Waals surface area contributed by atoms with Crippen molar-refractivity contribution in [1.29, 1.82) is 5.26 Å². The molecule has 0 bridgehead atoms. The number of carbonyl (C=O) groups is 1. The predicted octanol–water partition coefficient (Wildman–Crippen LogP) is 2.60. The van der Waals surface area contributed by atoms with Crippen LogP contribution in [0.3, 0.4) is 0 Å². The van der Waals surface area contributed by atoms with E-state index in [2.05, 4.69) is 5.32 Å². The SMILES string of the molecule is N#CNC(=O)Nc1ccc(Cl)c(Cl)c1. The van der Waals surface area contributed by atoms with Crippen LogP contribution in [0.1, 0.15) is 0 Å². The van der Waals surface area contributed by atoms with Gasteiger partial charge in [0.1, 0.15) is 0 Å². The number of nitrogens with zero attached hydrogens (tertiary/aromatic N) is 1. The Morgan fingerprint density at radius 3 is 2.64 bits per heavy atom. The van der Waals surface area contributed by atoms with Crippen molar-refractivity contribution in [3.63, 3.8) is 0 Å². The van der Waals surface area contributed by atoms with Gasteiger partial charge in [0, 0.05) is 5.69 Å². The van der Waals surface area contributed by atoms with Crippen LogP contribution >= 0.6 is 23.2 Å². The molecule has 0 saturated carbocycles. The van der Waals surface area contributed by atoms with Crippen molar-refractivity contribution in [3.8, 4) is 6.19 Å². The Balaban J connectivity index is 2.74. The molecule has 2 N–H and O–H groups in total. The van der Waals surface area contributed by atoms with Crippen molar-refractivity contribution >= 4 is 34.9 Å². The van der Waals surface area contributed by atoms with Gasteiger partial charge < -0.3 is 5.32 Å². The molecule has 0 unspecified atom stereocenters. The molecule has 2 amide bonds. The summed E-state index contributed by atoms with van der Waals surface area (Å²) in [6, 6.07) is 3.99. The minimum atomic E-state index is -0.620. The normalized spacial score (nSPS) is 8.93. The van der Waals surface area contributed by atoms with Crippen LogP contribution in [-0.4, -0.2) is 6.03 Å². The van der Waals surface area contributed by atoms with Crippen molar-refractivity contribution in [2.75, 3.05) is 5.32 Å². The molecule has 1 rings (SSSR count). The van der Waals surface area contributed by atoms with Crippen molar-refractivity contribution in [2.24, 2.45) is 0 Å². The molecule has 72 valence electrons. The molecule has 0 aromatic heterocycles. The second-order valence-electron chi connectivity index (χ2n) is 2.32. The fraction of sp³-hybridized carbons (Fsp3) is 0. The zero-order valence-corrected chi connectivity index (χ0v) is 8.36. The first-order valence-corrected chi connectivity index (χ1v) is 4.30. The van der Waals surface area contributed by atoms with Crippen LogP contribution in [-0.2, 0) is 0 Å². The number of nitriles is 1. The Labute approximate surface area is 90.4 Å². The number of anilines is 1. The number of urea groups is 1. The second kappa shape index (κ2) is 4.70. The van der Waals surface area contributed by atoms with Gasteiger partial charge in [0.05, 0.1) is 10.0 Å². The zero-order valence-electron chi connectivity index (χ0n) is 6.84. The minimum absolute atomic E-state index is 0.335. The first-order chi connectivity index (χ1) is 6.63. The zero-order chi connectivity index (χ0) is 10.6. The lowest BCUT2D eigenvalue weighted by Crippen LogP contribution is -2.23. The topological polar surface area (TPSA) is 64.9 Å². The average Bonchev–Trinajstić information content (AvgIpc) is 2.12. The van der Waals surface area contributed by atoms with Crippen LogP contribution < -0.4 is 10.6 Å². The third-order valence-corrected chi connectivity index (χ3v) is 2.09. The molecular formula is C8H5Cl2N3O. The molecule has 0 aliphatic carbocycles. The fourth-order valence-electron chi connectivity index (χ4n) is 0.787. The molecule has 0 aliphatic rings. The number of rotatable bonds is 1. The van der Waals surface area contributed by atoms with Gasteiger partial charge in [-0.3, -0.25) is 0 Å². The van der Waals surface area contributed by atoms with Crippen molar-refractivity contribution in [1.82, 2.24) is 5.32 Å². The van der Waals surface area contributed by atoms with E-state index in [0.717, 1.165) is 0 Å². The minimum Gasteiger partial charge on any atom is -0.307 e. The van der Waals surface area contributed by atoms with E-state index in [0.29, 0.717) is 15.7 Å². The summed E-state index contributed by atoms with van der Waals surface area (Å²) in [4.78, 5) is 10.9. The summed E-state index contributed by atoms with van der Waals surface area (Å²) in [5.41, 5.74) is 0.465. The van der Waals surface area contributed by atoms with Gasteiger partial charge in [-0.25, -0.2) is 10.1 Å². The fourth-order valence-corrected chi connectivity index (χ4v) is 1.09. The molecule has 4 nitrogen and oxygen atoms in total. The van der Waals surface area contributed by atoms with Crippen LogP contribution in [0.2, 0.25) is 10.0 Å². The lowest BCUT2D eigenvalue weighted by Gasteiger charge is -2.03. The maximum Gasteiger partial charge on any atom is 0.332 e. The summed E-state index contributed by atoms with van der Waals surface area (Å²) in [5, 5.41) is 13.2. The van der Waals surface area contributed by atoms with E-state index in [9.17, 15) is 4.79 Å². The molecule has 0 atom stereocenters. The molecule has 0 radical (unpaired) electrons. The Morgan fingerprint density at radius 2 is 2.07 bits per heavy atom. The van der Waals surface area contributed by atoms with Gasteiger partial charge >= 0.3 is 6.03 Å². The van der Waals surface area contributed by atoms with Gasteiger partial charge in [0.2, 0.25) is 0 Å². The van der Waals surface area contributed by atoms with Crippen molar-refractivity contribution in [3.05, 3.63) is 28.2 Å². The molecule has 0 spiro atoms. The number of nitrogens with one attached hydrogen (secondary N) is 2. The van der Waals surface area contributed by atoms with Gasteiger partial charge in [-0.05, 0) is 18.2 Å². The molecule has 0 heterocycles. The van der Waals surface area contributed by atoms with E-state index in [1.54, 1.807) is 12.1 Å². The molecule has 0 saturated heterocycles. The quantitative estimate of drug-likeness (QED) is 0.575. The van der Waals surface area contributed by atoms with Gasteiger partial charge in [-0.2, -0.15) is 5.26 Å². The highest BCUT2D eigenvalue weighted by molar-refractivity contribution is 6.42.